The van der Waals surface area contributed by atoms with E-state index in [2.05, 4.69) is 36.4 Å². The molecule has 96 valence electrons. The summed E-state index contributed by atoms with van der Waals surface area (Å²) < 4.78 is 2.63. The summed E-state index contributed by atoms with van der Waals surface area (Å²) in [4.78, 5) is 0. The van der Waals surface area contributed by atoms with Gasteiger partial charge in [0.25, 0.3) is 0 Å². The second-order valence-electron chi connectivity index (χ2n) is 4.89. The SMILES string of the molecule is OB(O)c1ccc2c(c1)[se]c1c3ccccc3ccc21. The Labute approximate surface area is 122 Å². The molecule has 4 rings (SSSR count). The first kappa shape index (κ1) is 12.2. The Hall–Kier alpha value is -1.58. The number of fused-ring (bicyclic) bond motifs is 5. The fourth-order valence-electron chi connectivity index (χ4n) is 2.68. The third kappa shape index (κ3) is 1.74. The van der Waals surface area contributed by atoms with Gasteiger partial charge in [0.15, 0.2) is 0 Å². The molecule has 4 heteroatoms. The van der Waals surface area contributed by atoms with Crippen molar-refractivity contribution in [3.63, 3.8) is 0 Å². The van der Waals surface area contributed by atoms with Crippen molar-refractivity contribution < 1.29 is 10.0 Å². The molecular formula is C16H11BO2Se. The maximum absolute atomic E-state index is 9.31. The second-order valence-corrected chi connectivity index (χ2v) is 7.10. The molecule has 0 bridgehead atoms. The monoisotopic (exact) mass is 326 g/mol. The molecule has 1 aromatic heterocycles. The summed E-state index contributed by atoms with van der Waals surface area (Å²) in [6.45, 7) is 0. The molecule has 0 aliphatic carbocycles. The van der Waals surface area contributed by atoms with Gasteiger partial charge in [-0.25, -0.2) is 0 Å². The standard InChI is InChI=1S/C16H11BO2Se/c18-17(19)11-6-8-13-14-7-5-10-3-1-2-4-12(10)16(14)20-15(13)9-11/h1-9,18-19H. The van der Waals surface area contributed by atoms with Crippen LogP contribution in [0, 0.1) is 0 Å². The van der Waals surface area contributed by atoms with Crippen LogP contribution in [0.25, 0.3) is 30.1 Å². The second kappa shape index (κ2) is 4.47. The van der Waals surface area contributed by atoms with Crippen molar-refractivity contribution in [3.05, 3.63) is 54.6 Å². The summed E-state index contributed by atoms with van der Waals surface area (Å²) in [5.74, 6) is 0. The predicted octanol–water partition coefficient (Wildman–Crippen LogP) is 1.88. The zero-order valence-electron chi connectivity index (χ0n) is 10.6. The van der Waals surface area contributed by atoms with E-state index >= 15 is 0 Å². The van der Waals surface area contributed by atoms with Gasteiger partial charge in [0, 0.05) is 0 Å². The van der Waals surface area contributed by atoms with Gasteiger partial charge < -0.3 is 0 Å². The summed E-state index contributed by atoms with van der Waals surface area (Å²) in [5.41, 5.74) is 0.572. The van der Waals surface area contributed by atoms with Crippen LogP contribution < -0.4 is 5.46 Å². The van der Waals surface area contributed by atoms with E-state index in [4.69, 9.17) is 0 Å². The van der Waals surface area contributed by atoms with Gasteiger partial charge in [-0.05, 0) is 0 Å². The zero-order chi connectivity index (χ0) is 13.7. The molecule has 20 heavy (non-hydrogen) atoms. The maximum atomic E-state index is 9.31. The molecule has 0 fully saturated rings. The molecule has 0 spiro atoms. The molecule has 2 nitrogen and oxygen atoms in total. The van der Waals surface area contributed by atoms with Crippen LogP contribution in [0.5, 0.6) is 0 Å². The van der Waals surface area contributed by atoms with Gasteiger partial charge in [-0.1, -0.05) is 0 Å². The Morgan fingerprint density at radius 1 is 0.800 bits per heavy atom. The molecule has 0 aliphatic heterocycles. The fraction of sp³-hybridized carbons (Fsp3) is 0. The third-order valence-electron chi connectivity index (χ3n) is 3.69. The summed E-state index contributed by atoms with van der Waals surface area (Å²) in [7, 11) is -1.39. The van der Waals surface area contributed by atoms with E-state index in [-0.39, 0.29) is 14.5 Å². The van der Waals surface area contributed by atoms with E-state index in [1.54, 1.807) is 6.07 Å². The first-order valence-electron chi connectivity index (χ1n) is 6.44. The van der Waals surface area contributed by atoms with Crippen molar-refractivity contribution in [1.82, 2.24) is 0 Å². The van der Waals surface area contributed by atoms with E-state index in [0.29, 0.717) is 5.46 Å². The number of hydrogen-bond acceptors (Lipinski definition) is 2. The van der Waals surface area contributed by atoms with Crippen LogP contribution in [0.3, 0.4) is 0 Å². The molecular weight excluding hydrogens is 314 g/mol. The van der Waals surface area contributed by atoms with Crippen molar-refractivity contribution >= 4 is 57.1 Å². The van der Waals surface area contributed by atoms with Crippen molar-refractivity contribution in [2.45, 2.75) is 0 Å². The van der Waals surface area contributed by atoms with Gasteiger partial charge in [0.1, 0.15) is 0 Å². The van der Waals surface area contributed by atoms with Crippen LogP contribution in [0.2, 0.25) is 0 Å². The summed E-state index contributed by atoms with van der Waals surface area (Å²) >= 11 is 0.219. The van der Waals surface area contributed by atoms with E-state index < -0.39 is 7.12 Å². The molecule has 0 atom stereocenters. The zero-order valence-corrected chi connectivity index (χ0v) is 12.3. The van der Waals surface area contributed by atoms with Crippen LogP contribution in [0.15, 0.2) is 54.6 Å². The van der Waals surface area contributed by atoms with E-state index in [1.807, 2.05) is 12.1 Å². The average Bonchev–Trinajstić information content (AvgIpc) is 2.85. The van der Waals surface area contributed by atoms with Gasteiger partial charge >= 0.3 is 122 Å². The van der Waals surface area contributed by atoms with Crippen LogP contribution >= 0.6 is 0 Å². The van der Waals surface area contributed by atoms with Crippen molar-refractivity contribution in [1.29, 1.82) is 0 Å². The normalized spacial score (nSPS) is 11.5. The van der Waals surface area contributed by atoms with Gasteiger partial charge in [-0.15, -0.1) is 0 Å². The van der Waals surface area contributed by atoms with E-state index in [1.165, 1.54) is 30.1 Å². The predicted molar refractivity (Wildman–Crippen MR) is 85.7 cm³/mol. The fourth-order valence-corrected chi connectivity index (χ4v) is 5.38. The third-order valence-corrected chi connectivity index (χ3v) is 6.21. The van der Waals surface area contributed by atoms with Gasteiger partial charge in [-0.2, -0.15) is 0 Å². The quantitative estimate of drug-likeness (QED) is 0.525. The number of rotatable bonds is 1. The molecule has 3 aromatic carbocycles. The molecule has 1 heterocycles. The number of hydrogen-bond donors (Lipinski definition) is 2. The Morgan fingerprint density at radius 2 is 1.60 bits per heavy atom. The van der Waals surface area contributed by atoms with Crippen molar-refractivity contribution in [3.8, 4) is 0 Å². The van der Waals surface area contributed by atoms with Crippen LogP contribution in [0.4, 0.5) is 0 Å². The Morgan fingerprint density at radius 3 is 2.45 bits per heavy atom. The molecule has 0 aliphatic rings. The van der Waals surface area contributed by atoms with Crippen molar-refractivity contribution in [2.75, 3.05) is 0 Å². The summed E-state index contributed by atoms with van der Waals surface area (Å²) in [5, 5.41) is 23.7. The Bertz CT molecular complexity index is 943. The summed E-state index contributed by atoms with van der Waals surface area (Å²) in [6, 6.07) is 18.5. The molecule has 0 amide bonds. The Kier molecular flexibility index (Phi) is 2.72. The topological polar surface area (TPSA) is 40.5 Å². The van der Waals surface area contributed by atoms with E-state index in [9.17, 15) is 10.0 Å². The van der Waals surface area contributed by atoms with Gasteiger partial charge in [0.2, 0.25) is 0 Å². The van der Waals surface area contributed by atoms with Crippen LogP contribution in [-0.4, -0.2) is 31.7 Å². The molecule has 4 aromatic rings. The van der Waals surface area contributed by atoms with Crippen molar-refractivity contribution in [2.24, 2.45) is 0 Å². The summed E-state index contributed by atoms with van der Waals surface area (Å²) in [6.07, 6.45) is 0. The Balaban J connectivity index is 2.15. The molecule has 0 radical (unpaired) electrons. The first-order valence-corrected chi connectivity index (χ1v) is 8.15. The molecule has 0 saturated heterocycles. The number of benzene rings is 3. The van der Waals surface area contributed by atoms with Gasteiger partial charge in [0.05, 0.1) is 0 Å². The van der Waals surface area contributed by atoms with E-state index in [0.717, 1.165) is 0 Å². The van der Waals surface area contributed by atoms with Crippen LogP contribution in [0.1, 0.15) is 0 Å². The first-order chi connectivity index (χ1) is 9.74. The van der Waals surface area contributed by atoms with Gasteiger partial charge in [-0.3, -0.25) is 0 Å². The minimum atomic E-state index is -1.39. The molecule has 0 unspecified atom stereocenters. The minimum absolute atomic E-state index is 0.219. The van der Waals surface area contributed by atoms with Crippen LogP contribution in [-0.2, 0) is 0 Å². The molecule has 0 saturated carbocycles. The molecule has 2 N–H and O–H groups in total. The average molecular weight is 325 g/mol.